The maximum atomic E-state index is 13.1. The lowest BCUT2D eigenvalue weighted by Gasteiger charge is -2.28. The molecule has 0 bridgehead atoms. The summed E-state index contributed by atoms with van der Waals surface area (Å²) in [6, 6.07) is 19.0. The Kier molecular flexibility index (Phi) is 6.89. The fourth-order valence-corrected chi connectivity index (χ4v) is 6.78. The van der Waals surface area contributed by atoms with Gasteiger partial charge in [0.05, 0.1) is 17.3 Å². The van der Waals surface area contributed by atoms with Crippen molar-refractivity contribution in [1.29, 1.82) is 0 Å². The Morgan fingerprint density at radius 2 is 1.81 bits per heavy atom. The maximum Gasteiger partial charge on any atom is 0.233 e. The average Bonchev–Trinajstić information content (AvgIpc) is 3.37. The molecule has 2 aromatic carbocycles. The minimum Gasteiger partial charge on any atom is -0.334 e. The molecule has 1 saturated heterocycles. The molecule has 1 aliphatic heterocycles. The summed E-state index contributed by atoms with van der Waals surface area (Å²) in [7, 11) is -3.09. The zero-order chi connectivity index (χ0) is 21.7. The van der Waals surface area contributed by atoms with Crippen LogP contribution in [0.4, 0.5) is 10.8 Å². The second-order valence-electron chi connectivity index (χ2n) is 7.22. The van der Waals surface area contributed by atoms with Crippen LogP contribution < -0.4 is 5.32 Å². The third-order valence-electron chi connectivity index (χ3n) is 4.92. The molecule has 31 heavy (non-hydrogen) atoms. The van der Waals surface area contributed by atoms with E-state index in [1.807, 2.05) is 60.7 Å². The lowest BCUT2D eigenvalue weighted by Crippen LogP contribution is -2.41. The summed E-state index contributed by atoms with van der Waals surface area (Å²) in [5.41, 5.74) is 1.90. The quantitative estimate of drug-likeness (QED) is 0.499. The van der Waals surface area contributed by atoms with Gasteiger partial charge < -0.3 is 10.2 Å². The van der Waals surface area contributed by atoms with E-state index in [9.17, 15) is 13.2 Å². The van der Waals surface area contributed by atoms with Gasteiger partial charge in [0.1, 0.15) is 0 Å². The number of carbonyl (C=O) groups is 1. The predicted octanol–water partition coefficient (Wildman–Crippen LogP) is 3.59. The molecule has 2 heterocycles. The number of thioether (sulfide) groups is 1. The van der Waals surface area contributed by atoms with Crippen LogP contribution in [0.2, 0.25) is 0 Å². The number of hydrogen-bond acceptors (Lipinski definition) is 8. The van der Waals surface area contributed by atoms with Gasteiger partial charge in [0, 0.05) is 18.3 Å². The van der Waals surface area contributed by atoms with Crippen molar-refractivity contribution in [3.8, 4) is 0 Å². The summed E-state index contributed by atoms with van der Waals surface area (Å²) in [6.45, 7) is 0.400. The summed E-state index contributed by atoms with van der Waals surface area (Å²) in [6.07, 6.45) is 0.482. The van der Waals surface area contributed by atoms with Crippen LogP contribution in [0, 0.1) is 0 Å². The first-order chi connectivity index (χ1) is 15.0. The van der Waals surface area contributed by atoms with Crippen LogP contribution in [-0.2, 0) is 21.2 Å². The van der Waals surface area contributed by atoms with Crippen molar-refractivity contribution in [2.75, 3.05) is 22.6 Å². The van der Waals surface area contributed by atoms with Crippen molar-refractivity contribution in [2.24, 2.45) is 0 Å². The van der Waals surface area contributed by atoms with Gasteiger partial charge in [-0.05, 0) is 24.1 Å². The topological polar surface area (TPSA) is 92.3 Å². The predicted molar refractivity (Wildman–Crippen MR) is 124 cm³/mol. The van der Waals surface area contributed by atoms with E-state index in [2.05, 4.69) is 15.5 Å². The molecule has 1 atom stereocenters. The van der Waals surface area contributed by atoms with Gasteiger partial charge in [0.15, 0.2) is 14.2 Å². The van der Waals surface area contributed by atoms with Crippen LogP contribution >= 0.6 is 23.1 Å². The number of carbonyl (C=O) groups excluding carboxylic acids is 1. The van der Waals surface area contributed by atoms with E-state index in [1.54, 1.807) is 4.90 Å². The highest BCUT2D eigenvalue weighted by atomic mass is 32.2. The largest absolute Gasteiger partial charge is 0.334 e. The van der Waals surface area contributed by atoms with Crippen molar-refractivity contribution < 1.29 is 13.2 Å². The number of hydrogen-bond donors (Lipinski definition) is 1. The highest BCUT2D eigenvalue weighted by Gasteiger charge is 2.34. The van der Waals surface area contributed by atoms with Crippen LogP contribution in [0.25, 0.3) is 0 Å². The molecular formula is C21H22N4O3S3. The normalized spacial score (nSPS) is 17.4. The molecule has 0 saturated carbocycles. The molecular weight excluding hydrogens is 452 g/mol. The zero-order valence-electron chi connectivity index (χ0n) is 16.7. The van der Waals surface area contributed by atoms with Crippen molar-refractivity contribution in [3.05, 3.63) is 66.2 Å². The third kappa shape index (κ3) is 6.05. The fraction of sp³-hybridized carbons (Fsp3) is 0.286. The Morgan fingerprint density at radius 3 is 2.48 bits per heavy atom. The van der Waals surface area contributed by atoms with Crippen LogP contribution in [-0.4, -0.2) is 52.7 Å². The van der Waals surface area contributed by atoms with Gasteiger partial charge in [-0.2, -0.15) is 0 Å². The molecule has 0 aliphatic carbocycles. The number of amides is 1. The number of benzene rings is 2. The van der Waals surface area contributed by atoms with E-state index in [-0.39, 0.29) is 29.2 Å². The van der Waals surface area contributed by atoms with Crippen LogP contribution in [0.3, 0.4) is 0 Å². The van der Waals surface area contributed by atoms with Gasteiger partial charge in [-0.3, -0.25) is 4.79 Å². The minimum absolute atomic E-state index is 0.0280. The zero-order valence-corrected chi connectivity index (χ0v) is 19.1. The molecule has 4 rings (SSSR count). The Bertz CT molecular complexity index is 1120. The van der Waals surface area contributed by atoms with Gasteiger partial charge in [-0.25, -0.2) is 8.42 Å². The van der Waals surface area contributed by atoms with E-state index in [1.165, 1.54) is 23.1 Å². The van der Waals surface area contributed by atoms with Gasteiger partial charge in [-0.1, -0.05) is 71.6 Å². The molecule has 1 aromatic heterocycles. The van der Waals surface area contributed by atoms with Gasteiger partial charge >= 0.3 is 0 Å². The SMILES string of the molecule is O=C(CSc1nnc(Nc2ccccc2)s1)N(Cc1ccccc1)C1CCS(=O)(=O)C1. The minimum atomic E-state index is -3.09. The molecule has 1 fully saturated rings. The van der Waals surface area contributed by atoms with Gasteiger partial charge in [0.2, 0.25) is 11.0 Å². The van der Waals surface area contributed by atoms with Crippen molar-refractivity contribution in [1.82, 2.24) is 15.1 Å². The van der Waals surface area contributed by atoms with Crippen LogP contribution in [0.15, 0.2) is 65.0 Å². The second-order valence-corrected chi connectivity index (χ2v) is 11.6. The molecule has 0 radical (unpaired) electrons. The Morgan fingerprint density at radius 1 is 1.10 bits per heavy atom. The standard InChI is InChI=1S/C21H22N4O3S3/c26-19(14-29-21-24-23-20(30-21)22-17-9-5-2-6-10-17)25(13-16-7-3-1-4-8-16)18-11-12-31(27,28)15-18/h1-10,18H,11-15H2,(H,22,23). The third-order valence-corrected chi connectivity index (χ3v) is 8.62. The monoisotopic (exact) mass is 474 g/mol. The highest BCUT2D eigenvalue weighted by Crippen LogP contribution is 2.29. The Balaban J connectivity index is 1.40. The number of nitrogens with one attached hydrogen (secondary N) is 1. The van der Waals surface area contributed by atoms with Gasteiger partial charge in [0.25, 0.3) is 0 Å². The maximum absolute atomic E-state index is 13.1. The number of rotatable bonds is 8. The van der Waals surface area contributed by atoms with Crippen LogP contribution in [0.1, 0.15) is 12.0 Å². The highest BCUT2D eigenvalue weighted by molar-refractivity contribution is 8.01. The number of sulfone groups is 1. The molecule has 3 aromatic rings. The molecule has 1 aliphatic rings. The van der Waals surface area contributed by atoms with E-state index < -0.39 is 9.84 Å². The number of aromatic nitrogens is 2. The second kappa shape index (κ2) is 9.80. The molecule has 10 heteroatoms. The molecule has 1 N–H and O–H groups in total. The van der Waals surface area contributed by atoms with E-state index in [0.717, 1.165) is 11.3 Å². The van der Waals surface area contributed by atoms with Crippen molar-refractivity contribution >= 4 is 49.7 Å². The first-order valence-electron chi connectivity index (χ1n) is 9.81. The smallest absolute Gasteiger partial charge is 0.233 e. The number of anilines is 2. The lowest BCUT2D eigenvalue weighted by atomic mass is 10.1. The van der Waals surface area contributed by atoms with Crippen LogP contribution in [0.5, 0.6) is 0 Å². The Hall–Kier alpha value is -2.43. The average molecular weight is 475 g/mol. The molecule has 1 amide bonds. The van der Waals surface area contributed by atoms with E-state index in [0.29, 0.717) is 22.4 Å². The Labute approximate surface area is 189 Å². The number of para-hydroxylation sites is 1. The summed E-state index contributed by atoms with van der Waals surface area (Å²) in [5, 5.41) is 12.1. The van der Waals surface area contributed by atoms with Crippen molar-refractivity contribution in [3.63, 3.8) is 0 Å². The van der Waals surface area contributed by atoms with Gasteiger partial charge in [-0.15, -0.1) is 10.2 Å². The molecule has 0 spiro atoms. The molecule has 7 nitrogen and oxygen atoms in total. The molecule has 1 unspecified atom stereocenters. The lowest BCUT2D eigenvalue weighted by molar-refractivity contribution is -0.130. The summed E-state index contributed by atoms with van der Waals surface area (Å²) >= 11 is 2.70. The molecule has 162 valence electrons. The summed E-state index contributed by atoms with van der Waals surface area (Å²) < 4.78 is 24.7. The van der Waals surface area contributed by atoms with Crippen molar-refractivity contribution in [2.45, 2.75) is 23.3 Å². The fourth-order valence-electron chi connectivity index (χ4n) is 3.39. The van der Waals surface area contributed by atoms with E-state index >= 15 is 0 Å². The first kappa shape index (κ1) is 21.8. The summed E-state index contributed by atoms with van der Waals surface area (Å²) in [5.74, 6) is 0.251. The summed E-state index contributed by atoms with van der Waals surface area (Å²) in [4.78, 5) is 14.8. The number of nitrogens with zero attached hydrogens (tertiary/aromatic N) is 3. The van der Waals surface area contributed by atoms with E-state index in [4.69, 9.17) is 0 Å². The first-order valence-corrected chi connectivity index (χ1v) is 13.4.